The number of hydrogen-bond donors (Lipinski definition) is 3. The second-order valence-corrected chi connectivity index (χ2v) is 5.93. The number of hydrogen-bond acceptors (Lipinski definition) is 4. The number of halogens is 1. The molecular weight excluding hydrogens is 395 g/mol. The number of guanidine groups is 1. The highest BCUT2D eigenvalue weighted by Gasteiger charge is 2.04. The molecule has 0 fully saturated rings. The van der Waals surface area contributed by atoms with Crippen LogP contribution in [0.1, 0.15) is 20.3 Å². The van der Waals surface area contributed by atoms with E-state index >= 15 is 0 Å². The molecule has 0 aromatic rings. The Labute approximate surface area is 139 Å². The van der Waals surface area contributed by atoms with Crippen molar-refractivity contribution in [3.8, 4) is 0 Å². The van der Waals surface area contributed by atoms with E-state index in [0.717, 1.165) is 12.5 Å². The van der Waals surface area contributed by atoms with Crippen molar-refractivity contribution in [1.29, 1.82) is 0 Å². The molecule has 0 spiro atoms. The van der Waals surface area contributed by atoms with Gasteiger partial charge in [-0.2, -0.15) is 0 Å². The first-order valence-corrected chi connectivity index (χ1v) is 8.19. The lowest BCUT2D eigenvalue weighted by Gasteiger charge is -2.10. The molecule has 0 bridgehead atoms. The van der Waals surface area contributed by atoms with Crippen molar-refractivity contribution in [2.45, 2.75) is 20.3 Å². The molecule has 9 heteroatoms. The van der Waals surface area contributed by atoms with E-state index in [1.54, 1.807) is 14.0 Å². The number of sulfonamides is 1. The van der Waals surface area contributed by atoms with Crippen molar-refractivity contribution in [3.63, 3.8) is 0 Å². The van der Waals surface area contributed by atoms with E-state index in [2.05, 4.69) is 20.3 Å². The summed E-state index contributed by atoms with van der Waals surface area (Å²) in [5.74, 6) is 0.829. The molecule has 0 atom stereocenters. The fourth-order valence-electron chi connectivity index (χ4n) is 1.21. The molecule has 122 valence electrons. The van der Waals surface area contributed by atoms with Gasteiger partial charge in [-0.1, -0.05) is 0 Å². The van der Waals surface area contributed by atoms with Crippen LogP contribution in [-0.4, -0.2) is 60.0 Å². The number of nitrogens with one attached hydrogen (secondary N) is 3. The lowest BCUT2D eigenvalue weighted by molar-refractivity contribution is 0.203. The zero-order valence-electron chi connectivity index (χ0n) is 12.4. The van der Waals surface area contributed by atoms with Crippen LogP contribution in [0.25, 0.3) is 0 Å². The zero-order valence-corrected chi connectivity index (χ0v) is 15.6. The van der Waals surface area contributed by atoms with Gasteiger partial charge >= 0.3 is 0 Å². The van der Waals surface area contributed by atoms with Crippen LogP contribution in [0.3, 0.4) is 0 Å². The van der Waals surface area contributed by atoms with Crippen LogP contribution >= 0.6 is 24.0 Å². The third-order valence-electron chi connectivity index (χ3n) is 2.25. The van der Waals surface area contributed by atoms with Crippen LogP contribution in [0, 0.1) is 0 Å². The average molecular weight is 422 g/mol. The molecule has 0 aliphatic rings. The van der Waals surface area contributed by atoms with Gasteiger partial charge in [0, 0.05) is 33.3 Å². The minimum atomic E-state index is -3.09. The highest BCUT2D eigenvalue weighted by molar-refractivity contribution is 14.0. The predicted molar refractivity (Wildman–Crippen MR) is 93.4 cm³/mol. The zero-order chi connectivity index (χ0) is 14.6. The van der Waals surface area contributed by atoms with Crippen LogP contribution in [0.2, 0.25) is 0 Å². The number of ether oxygens (including phenoxy) is 1. The van der Waals surface area contributed by atoms with Gasteiger partial charge in [0.05, 0.1) is 12.4 Å². The molecule has 0 unspecified atom stereocenters. The van der Waals surface area contributed by atoms with E-state index in [1.807, 2.05) is 6.92 Å². The van der Waals surface area contributed by atoms with E-state index in [1.165, 1.54) is 0 Å². The van der Waals surface area contributed by atoms with Crippen molar-refractivity contribution in [2.75, 3.05) is 45.6 Å². The standard InChI is InChI=1S/C11H26N4O3S.HI/c1-4-12-11(14-9-10-18-3)13-7-6-8-15-19(16,17)5-2;/h15H,4-10H2,1-3H3,(H2,12,13,14);1H. The molecule has 0 heterocycles. The Morgan fingerprint density at radius 1 is 1.20 bits per heavy atom. The van der Waals surface area contributed by atoms with E-state index < -0.39 is 10.0 Å². The largest absolute Gasteiger partial charge is 0.383 e. The monoisotopic (exact) mass is 422 g/mol. The van der Waals surface area contributed by atoms with Crippen LogP contribution in [-0.2, 0) is 14.8 Å². The summed E-state index contributed by atoms with van der Waals surface area (Å²) in [5, 5.41) is 6.22. The van der Waals surface area contributed by atoms with Gasteiger partial charge in [-0.3, -0.25) is 4.99 Å². The molecule has 0 aromatic heterocycles. The first-order valence-electron chi connectivity index (χ1n) is 6.54. The Kier molecular flexibility index (Phi) is 15.3. The topological polar surface area (TPSA) is 91.8 Å². The van der Waals surface area contributed by atoms with E-state index in [4.69, 9.17) is 4.74 Å². The number of aliphatic imine (C=N–C) groups is 1. The molecule has 0 aliphatic carbocycles. The molecule has 0 amide bonds. The number of rotatable bonds is 10. The Balaban J connectivity index is 0. The van der Waals surface area contributed by atoms with Gasteiger partial charge in [0.15, 0.2) is 5.96 Å². The Morgan fingerprint density at radius 3 is 2.45 bits per heavy atom. The van der Waals surface area contributed by atoms with Gasteiger partial charge in [0.2, 0.25) is 10.0 Å². The van der Waals surface area contributed by atoms with Crippen molar-refractivity contribution >= 4 is 40.0 Å². The molecule has 0 rings (SSSR count). The minimum absolute atomic E-state index is 0. The highest BCUT2D eigenvalue weighted by Crippen LogP contribution is 1.85. The van der Waals surface area contributed by atoms with Gasteiger partial charge < -0.3 is 15.4 Å². The maximum atomic E-state index is 11.2. The van der Waals surface area contributed by atoms with E-state index in [9.17, 15) is 8.42 Å². The predicted octanol–water partition coefficient (Wildman–Crippen LogP) is 0.135. The minimum Gasteiger partial charge on any atom is -0.383 e. The van der Waals surface area contributed by atoms with E-state index in [-0.39, 0.29) is 29.7 Å². The summed E-state index contributed by atoms with van der Waals surface area (Å²) in [6.45, 7) is 6.66. The van der Waals surface area contributed by atoms with Gasteiger partial charge in [-0.15, -0.1) is 24.0 Å². The molecule has 3 N–H and O–H groups in total. The summed E-state index contributed by atoms with van der Waals surface area (Å²) in [6, 6.07) is 0. The Bertz CT molecular complexity index is 350. The van der Waals surface area contributed by atoms with Gasteiger partial charge in [-0.25, -0.2) is 13.1 Å². The molecule has 0 aromatic carbocycles. The third-order valence-corrected chi connectivity index (χ3v) is 3.65. The first kappa shape index (κ1) is 22.2. The number of nitrogens with zero attached hydrogens (tertiary/aromatic N) is 1. The second kappa shape index (κ2) is 13.8. The Hall–Kier alpha value is -0.130. The van der Waals surface area contributed by atoms with Crippen LogP contribution in [0.15, 0.2) is 4.99 Å². The molecular formula is C11H27IN4O3S. The molecule has 0 aliphatic heterocycles. The van der Waals surface area contributed by atoms with Gasteiger partial charge in [0.1, 0.15) is 0 Å². The van der Waals surface area contributed by atoms with Crippen molar-refractivity contribution in [1.82, 2.24) is 15.4 Å². The van der Waals surface area contributed by atoms with Crippen molar-refractivity contribution in [2.24, 2.45) is 4.99 Å². The fourth-order valence-corrected chi connectivity index (χ4v) is 1.87. The van der Waals surface area contributed by atoms with Crippen LogP contribution < -0.4 is 15.4 Å². The summed E-state index contributed by atoms with van der Waals surface area (Å²) in [6.07, 6.45) is 0.667. The molecule has 0 saturated carbocycles. The lowest BCUT2D eigenvalue weighted by Crippen LogP contribution is -2.39. The summed E-state index contributed by atoms with van der Waals surface area (Å²) in [5.41, 5.74) is 0. The first-order chi connectivity index (χ1) is 9.05. The average Bonchev–Trinajstić information content (AvgIpc) is 2.38. The lowest BCUT2D eigenvalue weighted by atomic mass is 10.4. The normalized spacial score (nSPS) is 11.8. The molecule has 0 radical (unpaired) electrons. The maximum absolute atomic E-state index is 11.2. The molecule has 0 saturated heterocycles. The summed E-state index contributed by atoms with van der Waals surface area (Å²) in [4.78, 5) is 4.33. The smallest absolute Gasteiger partial charge is 0.211 e. The van der Waals surface area contributed by atoms with Crippen LogP contribution in [0.5, 0.6) is 0 Å². The van der Waals surface area contributed by atoms with Crippen molar-refractivity contribution in [3.05, 3.63) is 0 Å². The fraction of sp³-hybridized carbons (Fsp3) is 0.909. The molecule has 20 heavy (non-hydrogen) atoms. The summed E-state index contributed by atoms with van der Waals surface area (Å²) < 4.78 is 29.8. The van der Waals surface area contributed by atoms with E-state index in [0.29, 0.717) is 32.7 Å². The quantitative estimate of drug-likeness (QED) is 0.202. The summed E-state index contributed by atoms with van der Waals surface area (Å²) in [7, 11) is -1.45. The third kappa shape index (κ3) is 12.9. The maximum Gasteiger partial charge on any atom is 0.211 e. The molecule has 7 nitrogen and oxygen atoms in total. The second-order valence-electron chi connectivity index (χ2n) is 3.83. The SMILES string of the molecule is CCNC(=NCCCNS(=O)(=O)CC)NCCOC.I. The summed E-state index contributed by atoms with van der Waals surface area (Å²) >= 11 is 0. The van der Waals surface area contributed by atoms with Crippen molar-refractivity contribution < 1.29 is 13.2 Å². The van der Waals surface area contributed by atoms with Gasteiger partial charge in [0.25, 0.3) is 0 Å². The van der Waals surface area contributed by atoms with Gasteiger partial charge in [-0.05, 0) is 20.3 Å². The highest BCUT2D eigenvalue weighted by atomic mass is 127. The van der Waals surface area contributed by atoms with Crippen LogP contribution in [0.4, 0.5) is 0 Å². The Morgan fingerprint density at radius 2 is 1.90 bits per heavy atom. The number of methoxy groups -OCH3 is 1.